The molecule has 2 rings (SSSR count). The van der Waals surface area contributed by atoms with Gasteiger partial charge in [0.15, 0.2) is 5.82 Å². The van der Waals surface area contributed by atoms with Crippen LogP contribution in [0.1, 0.15) is 5.56 Å². The summed E-state index contributed by atoms with van der Waals surface area (Å²) in [7, 11) is 1.60. The second kappa shape index (κ2) is 5.25. The predicted molar refractivity (Wildman–Crippen MR) is 59.3 cm³/mol. The first-order valence-corrected chi connectivity index (χ1v) is 5.01. The summed E-state index contributed by atoms with van der Waals surface area (Å²) in [4.78, 5) is 7.39. The summed E-state index contributed by atoms with van der Waals surface area (Å²) >= 11 is 0. The molecule has 0 aliphatic carbocycles. The fourth-order valence-electron chi connectivity index (χ4n) is 1.29. The number of methoxy groups -OCH3 is 1. The van der Waals surface area contributed by atoms with E-state index in [4.69, 9.17) is 9.47 Å². The van der Waals surface area contributed by atoms with Crippen LogP contribution < -0.4 is 9.47 Å². The van der Waals surface area contributed by atoms with Crippen molar-refractivity contribution < 1.29 is 13.9 Å². The van der Waals surface area contributed by atoms with Crippen molar-refractivity contribution in [3.05, 3.63) is 48.0 Å². The van der Waals surface area contributed by atoms with Gasteiger partial charge in [0.1, 0.15) is 12.4 Å². The van der Waals surface area contributed by atoms with Crippen LogP contribution in [-0.4, -0.2) is 17.1 Å². The minimum Gasteiger partial charge on any atom is -0.497 e. The Morgan fingerprint density at radius 1 is 1.24 bits per heavy atom. The SMILES string of the molecule is COc1cccc(COc2ncc(F)cn2)c1. The van der Waals surface area contributed by atoms with Crippen molar-refractivity contribution in [1.29, 1.82) is 0 Å². The van der Waals surface area contributed by atoms with E-state index in [2.05, 4.69) is 9.97 Å². The normalized spacial score (nSPS) is 10.0. The summed E-state index contributed by atoms with van der Waals surface area (Å²) in [6.07, 6.45) is 2.13. The van der Waals surface area contributed by atoms with E-state index >= 15 is 0 Å². The smallest absolute Gasteiger partial charge is 0.316 e. The van der Waals surface area contributed by atoms with Gasteiger partial charge >= 0.3 is 6.01 Å². The molecule has 0 bridgehead atoms. The zero-order chi connectivity index (χ0) is 12.1. The fraction of sp³-hybridized carbons (Fsp3) is 0.167. The van der Waals surface area contributed by atoms with E-state index in [-0.39, 0.29) is 6.01 Å². The molecule has 1 aromatic heterocycles. The molecule has 5 heteroatoms. The van der Waals surface area contributed by atoms with Crippen LogP contribution in [0, 0.1) is 5.82 Å². The summed E-state index contributed by atoms with van der Waals surface area (Å²) in [6.45, 7) is 0.308. The van der Waals surface area contributed by atoms with Crippen LogP contribution in [-0.2, 0) is 6.61 Å². The first-order valence-electron chi connectivity index (χ1n) is 5.01. The highest BCUT2D eigenvalue weighted by Gasteiger charge is 2.00. The van der Waals surface area contributed by atoms with Crippen LogP contribution in [0.15, 0.2) is 36.7 Å². The van der Waals surface area contributed by atoms with Gasteiger partial charge < -0.3 is 9.47 Å². The predicted octanol–water partition coefficient (Wildman–Crippen LogP) is 2.20. The fourth-order valence-corrected chi connectivity index (χ4v) is 1.29. The molecule has 0 amide bonds. The zero-order valence-corrected chi connectivity index (χ0v) is 9.26. The second-order valence-corrected chi connectivity index (χ2v) is 3.32. The highest BCUT2D eigenvalue weighted by Crippen LogP contribution is 2.14. The number of hydrogen-bond donors (Lipinski definition) is 0. The highest BCUT2D eigenvalue weighted by atomic mass is 19.1. The molecular weight excluding hydrogens is 223 g/mol. The minimum absolute atomic E-state index is 0.147. The number of benzene rings is 1. The maximum atomic E-state index is 12.6. The van der Waals surface area contributed by atoms with Crippen LogP contribution in [0.25, 0.3) is 0 Å². The van der Waals surface area contributed by atoms with Crippen molar-refractivity contribution in [2.24, 2.45) is 0 Å². The van der Waals surface area contributed by atoms with E-state index in [1.54, 1.807) is 7.11 Å². The quantitative estimate of drug-likeness (QED) is 0.813. The number of ether oxygens (including phenoxy) is 2. The van der Waals surface area contributed by atoms with Gasteiger partial charge in [-0.05, 0) is 17.7 Å². The largest absolute Gasteiger partial charge is 0.497 e. The molecule has 0 atom stereocenters. The Morgan fingerprint density at radius 2 is 2.00 bits per heavy atom. The van der Waals surface area contributed by atoms with Crippen molar-refractivity contribution in [3.63, 3.8) is 0 Å². The summed E-state index contributed by atoms with van der Waals surface area (Å²) in [6, 6.07) is 7.60. The molecule has 0 unspecified atom stereocenters. The Hall–Kier alpha value is -2.17. The Bertz CT molecular complexity index is 488. The molecule has 0 fully saturated rings. The number of aromatic nitrogens is 2. The van der Waals surface area contributed by atoms with Crippen LogP contribution in [0.2, 0.25) is 0 Å². The molecule has 17 heavy (non-hydrogen) atoms. The van der Waals surface area contributed by atoms with Crippen molar-refractivity contribution in [1.82, 2.24) is 9.97 Å². The van der Waals surface area contributed by atoms with Crippen molar-refractivity contribution in [2.45, 2.75) is 6.61 Å². The third-order valence-electron chi connectivity index (χ3n) is 2.10. The summed E-state index contributed by atoms with van der Waals surface area (Å²) in [5.41, 5.74) is 0.928. The first-order chi connectivity index (χ1) is 8.28. The van der Waals surface area contributed by atoms with E-state index in [1.807, 2.05) is 24.3 Å². The number of hydrogen-bond acceptors (Lipinski definition) is 4. The molecule has 0 saturated carbocycles. The van der Waals surface area contributed by atoms with Gasteiger partial charge in [0.05, 0.1) is 19.5 Å². The van der Waals surface area contributed by atoms with Gasteiger partial charge in [0, 0.05) is 0 Å². The molecule has 0 aliphatic heterocycles. The summed E-state index contributed by atoms with van der Waals surface area (Å²) < 4.78 is 22.9. The second-order valence-electron chi connectivity index (χ2n) is 3.32. The lowest BCUT2D eigenvalue weighted by Gasteiger charge is -2.05. The Morgan fingerprint density at radius 3 is 2.71 bits per heavy atom. The van der Waals surface area contributed by atoms with Gasteiger partial charge in [-0.2, -0.15) is 0 Å². The minimum atomic E-state index is -0.487. The van der Waals surface area contributed by atoms with Gasteiger partial charge in [-0.3, -0.25) is 0 Å². The van der Waals surface area contributed by atoms with E-state index in [0.717, 1.165) is 23.7 Å². The summed E-state index contributed by atoms with van der Waals surface area (Å²) in [5, 5.41) is 0. The maximum absolute atomic E-state index is 12.6. The van der Waals surface area contributed by atoms with E-state index < -0.39 is 5.82 Å². The lowest BCUT2D eigenvalue weighted by molar-refractivity contribution is 0.278. The highest BCUT2D eigenvalue weighted by molar-refractivity contribution is 5.28. The lowest BCUT2D eigenvalue weighted by Crippen LogP contribution is -1.99. The molecule has 0 radical (unpaired) electrons. The Kier molecular flexibility index (Phi) is 3.49. The maximum Gasteiger partial charge on any atom is 0.316 e. The number of rotatable bonds is 4. The van der Waals surface area contributed by atoms with Gasteiger partial charge in [0.2, 0.25) is 0 Å². The van der Waals surface area contributed by atoms with E-state index in [0.29, 0.717) is 6.61 Å². The third kappa shape index (κ3) is 3.14. The zero-order valence-electron chi connectivity index (χ0n) is 9.26. The topological polar surface area (TPSA) is 44.2 Å². The van der Waals surface area contributed by atoms with Crippen molar-refractivity contribution in [3.8, 4) is 11.8 Å². The average Bonchev–Trinajstić information content (AvgIpc) is 2.38. The molecule has 4 nitrogen and oxygen atoms in total. The van der Waals surface area contributed by atoms with Crippen LogP contribution >= 0.6 is 0 Å². The lowest BCUT2D eigenvalue weighted by atomic mass is 10.2. The molecule has 88 valence electrons. The van der Waals surface area contributed by atoms with Crippen molar-refractivity contribution in [2.75, 3.05) is 7.11 Å². The van der Waals surface area contributed by atoms with Gasteiger partial charge in [-0.1, -0.05) is 12.1 Å². The average molecular weight is 234 g/mol. The van der Waals surface area contributed by atoms with Crippen molar-refractivity contribution >= 4 is 0 Å². The number of halogens is 1. The number of nitrogens with zero attached hydrogens (tertiary/aromatic N) is 2. The summed E-state index contributed by atoms with van der Waals surface area (Å²) in [5.74, 6) is 0.268. The van der Waals surface area contributed by atoms with E-state index in [1.165, 1.54) is 0 Å². The van der Waals surface area contributed by atoms with Gasteiger partial charge in [-0.15, -0.1) is 0 Å². The molecule has 0 aliphatic rings. The Balaban J connectivity index is 1.99. The monoisotopic (exact) mass is 234 g/mol. The molecule has 1 aromatic carbocycles. The molecular formula is C12H11FN2O2. The van der Waals surface area contributed by atoms with Crippen LogP contribution in [0.3, 0.4) is 0 Å². The van der Waals surface area contributed by atoms with E-state index in [9.17, 15) is 4.39 Å². The molecule has 0 saturated heterocycles. The standard InChI is InChI=1S/C12H11FN2O2/c1-16-11-4-2-3-9(5-11)8-17-12-14-6-10(13)7-15-12/h2-7H,8H2,1H3. The van der Waals surface area contributed by atoms with Gasteiger partial charge in [0.25, 0.3) is 0 Å². The molecule has 0 N–H and O–H groups in total. The van der Waals surface area contributed by atoms with Gasteiger partial charge in [-0.25, -0.2) is 14.4 Å². The first kappa shape index (κ1) is 11.3. The Labute approximate surface area is 98.1 Å². The molecule has 1 heterocycles. The van der Waals surface area contributed by atoms with Crippen LogP contribution in [0.4, 0.5) is 4.39 Å². The molecule has 2 aromatic rings. The van der Waals surface area contributed by atoms with Crippen LogP contribution in [0.5, 0.6) is 11.8 Å². The third-order valence-corrected chi connectivity index (χ3v) is 2.10. The molecule has 0 spiro atoms.